The first-order chi connectivity index (χ1) is 19.7. The van der Waals surface area contributed by atoms with Crippen molar-refractivity contribution >= 4 is 17.8 Å². The van der Waals surface area contributed by atoms with Crippen molar-refractivity contribution in [1.82, 2.24) is 20.1 Å². The standard InChI is InChI=1S/C27H19F6N5O4/c28-15-6-13(7-16(29)10-15)8-21(36-22(39)12-38-11-19(26(41)42)24(37-38)27(31,32)33)23-17(2-1-5-35-23)14-3-4-20(30)18(9-14)25(34)40/h1-7,9-11,21H,8,12H2,(H2,34,40)(H,36,39)(H,41,42)/t21-/m0/s1. The topological polar surface area (TPSA) is 140 Å². The van der Waals surface area contributed by atoms with Crippen LogP contribution < -0.4 is 11.1 Å². The normalized spacial score (nSPS) is 12.1. The van der Waals surface area contributed by atoms with Gasteiger partial charge in [-0.1, -0.05) is 12.1 Å². The number of amides is 2. The number of carbonyl (C=O) groups excluding carboxylic acids is 2. The van der Waals surface area contributed by atoms with Gasteiger partial charge in [-0.15, -0.1) is 0 Å². The number of benzene rings is 2. The van der Waals surface area contributed by atoms with Crippen molar-refractivity contribution in [2.45, 2.75) is 25.2 Å². The number of carbonyl (C=O) groups is 3. The molecular weight excluding hydrogens is 572 g/mol. The van der Waals surface area contributed by atoms with Crippen LogP contribution >= 0.6 is 0 Å². The molecule has 2 aromatic heterocycles. The summed E-state index contributed by atoms with van der Waals surface area (Å²) in [4.78, 5) is 40.2. The summed E-state index contributed by atoms with van der Waals surface area (Å²) in [7, 11) is 0. The lowest BCUT2D eigenvalue weighted by atomic mass is 9.94. The number of nitrogens with one attached hydrogen (secondary N) is 1. The second kappa shape index (κ2) is 11.7. The third-order valence-electron chi connectivity index (χ3n) is 5.98. The number of carboxylic acids is 1. The summed E-state index contributed by atoms with van der Waals surface area (Å²) >= 11 is 0. The van der Waals surface area contributed by atoms with E-state index in [1.165, 1.54) is 24.4 Å². The summed E-state index contributed by atoms with van der Waals surface area (Å²) in [6.07, 6.45) is -3.52. The van der Waals surface area contributed by atoms with Crippen molar-refractivity contribution in [1.29, 1.82) is 0 Å². The van der Waals surface area contributed by atoms with E-state index in [4.69, 9.17) is 10.8 Å². The summed E-state index contributed by atoms with van der Waals surface area (Å²) in [5.41, 5.74) is 2.58. The molecule has 4 rings (SSSR count). The molecule has 218 valence electrons. The first kappa shape index (κ1) is 29.8. The van der Waals surface area contributed by atoms with Crippen LogP contribution in [0, 0.1) is 17.5 Å². The smallest absolute Gasteiger partial charge is 0.436 e. The van der Waals surface area contributed by atoms with Gasteiger partial charge in [-0.25, -0.2) is 18.0 Å². The Morgan fingerprint density at radius 2 is 1.69 bits per heavy atom. The lowest BCUT2D eigenvalue weighted by Crippen LogP contribution is -2.34. The van der Waals surface area contributed by atoms with E-state index >= 15 is 0 Å². The minimum atomic E-state index is -5.11. The van der Waals surface area contributed by atoms with Gasteiger partial charge in [-0.3, -0.25) is 19.3 Å². The molecular formula is C27H19F6N5O4. The van der Waals surface area contributed by atoms with Crippen molar-refractivity contribution in [3.63, 3.8) is 0 Å². The molecule has 2 amide bonds. The Morgan fingerprint density at radius 3 is 2.29 bits per heavy atom. The monoisotopic (exact) mass is 591 g/mol. The molecule has 4 N–H and O–H groups in total. The molecule has 0 bridgehead atoms. The van der Waals surface area contributed by atoms with Crippen LogP contribution in [0.5, 0.6) is 0 Å². The van der Waals surface area contributed by atoms with Crippen LogP contribution in [-0.4, -0.2) is 37.7 Å². The number of hydrogen-bond acceptors (Lipinski definition) is 5. The van der Waals surface area contributed by atoms with E-state index in [9.17, 15) is 40.7 Å². The van der Waals surface area contributed by atoms with Crippen LogP contribution in [0.4, 0.5) is 26.3 Å². The second-order valence-corrected chi connectivity index (χ2v) is 8.99. The molecule has 0 saturated heterocycles. The van der Waals surface area contributed by atoms with Crippen LogP contribution in [0.2, 0.25) is 0 Å². The van der Waals surface area contributed by atoms with Gasteiger partial charge in [0.05, 0.1) is 17.3 Å². The predicted octanol–water partition coefficient (Wildman–Crippen LogP) is 4.28. The van der Waals surface area contributed by atoms with Crippen LogP contribution in [-0.2, 0) is 23.9 Å². The molecule has 0 aliphatic heterocycles. The third-order valence-corrected chi connectivity index (χ3v) is 5.98. The minimum Gasteiger partial charge on any atom is -0.478 e. The molecule has 1 atom stereocenters. The SMILES string of the molecule is NC(=O)c1cc(-c2cccnc2[C@H](Cc2cc(F)cc(F)c2)NC(=O)Cn2cc(C(=O)O)c(C(F)(F)F)n2)ccc1F. The van der Waals surface area contributed by atoms with Crippen LogP contribution in [0.15, 0.2) is 60.9 Å². The van der Waals surface area contributed by atoms with E-state index in [1.54, 1.807) is 0 Å². The van der Waals surface area contributed by atoms with Crippen LogP contribution in [0.25, 0.3) is 11.1 Å². The van der Waals surface area contributed by atoms with E-state index in [-0.39, 0.29) is 28.8 Å². The molecule has 0 radical (unpaired) electrons. The zero-order valence-corrected chi connectivity index (χ0v) is 21.1. The zero-order valence-electron chi connectivity index (χ0n) is 21.1. The van der Waals surface area contributed by atoms with Crippen molar-refractivity contribution in [2.24, 2.45) is 5.73 Å². The number of nitrogens with zero attached hydrogens (tertiary/aromatic N) is 3. The molecule has 0 saturated carbocycles. The number of hydrogen-bond donors (Lipinski definition) is 3. The average Bonchev–Trinajstić information content (AvgIpc) is 3.33. The molecule has 0 aliphatic carbocycles. The first-order valence-corrected chi connectivity index (χ1v) is 11.9. The molecule has 2 heterocycles. The molecule has 15 heteroatoms. The lowest BCUT2D eigenvalue weighted by molar-refractivity contribution is -0.142. The summed E-state index contributed by atoms with van der Waals surface area (Å²) < 4.78 is 82.3. The fourth-order valence-corrected chi connectivity index (χ4v) is 4.26. The number of alkyl halides is 3. The molecule has 2 aromatic carbocycles. The highest BCUT2D eigenvalue weighted by atomic mass is 19.4. The summed E-state index contributed by atoms with van der Waals surface area (Å²) in [6.45, 7) is -0.866. The van der Waals surface area contributed by atoms with Crippen molar-refractivity contribution in [2.75, 3.05) is 0 Å². The maximum Gasteiger partial charge on any atom is 0.436 e. The van der Waals surface area contributed by atoms with Gasteiger partial charge in [-0.05, 0) is 47.9 Å². The Hall–Kier alpha value is -5.21. The molecule has 9 nitrogen and oxygen atoms in total. The van der Waals surface area contributed by atoms with Crippen LogP contribution in [0.3, 0.4) is 0 Å². The fraction of sp³-hybridized carbons (Fsp3) is 0.148. The highest BCUT2D eigenvalue weighted by Gasteiger charge is 2.39. The van der Waals surface area contributed by atoms with Gasteiger partial charge >= 0.3 is 12.1 Å². The van der Waals surface area contributed by atoms with E-state index in [2.05, 4.69) is 15.4 Å². The molecule has 0 fully saturated rings. The van der Waals surface area contributed by atoms with Gasteiger partial charge in [0.1, 0.15) is 29.6 Å². The van der Waals surface area contributed by atoms with E-state index < -0.39 is 70.8 Å². The Morgan fingerprint density at radius 1 is 1.00 bits per heavy atom. The van der Waals surface area contributed by atoms with Gasteiger partial charge in [0, 0.05) is 24.0 Å². The zero-order chi connectivity index (χ0) is 30.8. The van der Waals surface area contributed by atoms with Crippen molar-refractivity contribution < 1.29 is 45.8 Å². The quantitative estimate of drug-likeness (QED) is 0.248. The molecule has 0 aliphatic rings. The van der Waals surface area contributed by atoms with E-state index in [0.717, 1.165) is 24.3 Å². The average molecular weight is 591 g/mol. The number of nitrogens with two attached hydrogens (primary N) is 1. The maximum atomic E-state index is 14.1. The number of carboxylic acid groups (broad SMARTS) is 1. The van der Waals surface area contributed by atoms with Gasteiger partial charge in [0.2, 0.25) is 5.91 Å². The maximum absolute atomic E-state index is 14.1. The van der Waals surface area contributed by atoms with Crippen molar-refractivity contribution in [3.8, 4) is 11.1 Å². The van der Waals surface area contributed by atoms with Crippen LogP contribution in [0.1, 0.15) is 43.7 Å². The third kappa shape index (κ3) is 6.74. The fourth-order valence-electron chi connectivity index (χ4n) is 4.26. The minimum absolute atomic E-state index is 0.0675. The van der Waals surface area contributed by atoms with Crippen molar-refractivity contribution in [3.05, 3.63) is 106 Å². The predicted molar refractivity (Wildman–Crippen MR) is 133 cm³/mol. The Bertz CT molecular complexity index is 1670. The van der Waals surface area contributed by atoms with Gasteiger partial charge in [0.15, 0.2) is 5.69 Å². The number of pyridine rings is 1. The Kier molecular flexibility index (Phi) is 8.31. The first-order valence-electron chi connectivity index (χ1n) is 11.9. The molecule has 4 aromatic rings. The number of rotatable bonds is 9. The van der Waals surface area contributed by atoms with Gasteiger partial charge in [-0.2, -0.15) is 18.3 Å². The molecule has 42 heavy (non-hydrogen) atoms. The highest BCUT2D eigenvalue weighted by molar-refractivity contribution is 5.94. The van der Waals surface area contributed by atoms with Gasteiger partial charge < -0.3 is 16.2 Å². The summed E-state index contributed by atoms with van der Waals surface area (Å²) in [5.74, 6) is -6.66. The second-order valence-electron chi connectivity index (χ2n) is 8.99. The number of halogens is 6. The Balaban J connectivity index is 1.74. The number of aromatic carboxylic acids is 1. The summed E-state index contributed by atoms with van der Waals surface area (Å²) in [5, 5.41) is 14.8. The molecule has 0 spiro atoms. The van der Waals surface area contributed by atoms with Gasteiger partial charge in [0.25, 0.3) is 5.91 Å². The largest absolute Gasteiger partial charge is 0.478 e. The number of primary amides is 1. The van der Waals surface area contributed by atoms with E-state index in [0.29, 0.717) is 16.9 Å². The number of aromatic nitrogens is 3. The lowest BCUT2D eigenvalue weighted by Gasteiger charge is -2.22. The summed E-state index contributed by atoms with van der Waals surface area (Å²) in [6, 6.07) is 7.87. The van der Waals surface area contributed by atoms with E-state index in [1.807, 2.05) is 0 Å². The molecule has 0 unspecified atom stereocenters. The highest BCUT2D eigenvalue weighted by Crippen LogP contribution is 2.32. The Labute approximate surface area is 232 Å².